The first-order valence-electron chi connectivity index (χ1n) is 12.1. The Morgan fingerprint density at radius 2 is 1.86 bits per heavy atom. The zero-order valence-electron chi connectivity index (χ0n) is 20.9. The molecule has 6 nitrogen and oxygen atoms in total. The van der Waals surface area contributed by atoms with Crippen LogP contribution in [0.25, 0.3) is 21.1 Å². The van der Waals surface area contributed by atoms with E-state index in [0.717, 1.165) is 40.7 Å². The number of fused-ring (bicyclic) bond motifs is 1. The van der Waals surface area contributed by atoms with Gasteiger partial charge in [0.05, 0.1) is 30.4 Å². The van der Waals surface area contributed by atoms with Crippen LogP contribution in [-0.4, -0.2) is 52.8 Å². The van der Waals surface area contributed by atoms with Gasteiger partial charge < -0.3 is 14.2 Å². The maximum Gasteiger partial charge on any atom is 0.162 e. The van der Waals surface area contributed by atoms with E-state index in [1.807, 2.05) is 45.9 Å². The minimum Gasteiger partial charge on any atom is -0.489 e. The van der Waals surface area contributed by atoms with E-state index in [1.165, 1.54) is 16.7 Å². The lowest BCUT2D eigenvalue weighted by Crippen LogP contribution is -2.51. The summed E-state index contributed by atoms with van der Waals surface area (Å²) in [6.45, 7) is 13.5. The van der Waals surface area contributed by atoms with Crippen molar-refractivity contribution in [2.75, 3.05) is 19.8 Å². The maximum absolute atomic E-state index is 6.45. The van der Waals surface area contributed by atoms with E-state index < -0.39 is 5.79 Å². The molecular weight excluding hydrogens is 482 g/mol. The summed E-state index contributed by atoms with van der Waals surface area (Å²) in [5.74, 6) is 0.204. The lowest BCUT2D eigenvalue weighted by molar-refractivity contribution is -0.264. The Labute approximate surface area is 216 Å². The van der Waals surface area contributed by atoms with Gasteiger partial charge in [-0.2, -0.15) is 0 Å². The molecule has 0 unspecified atom stereocenters. The normalized spacial score (nSPS) is 18.6. The average Bonchev–Trinajstić information content (AvgIpc) is 3.30. The first kappa shape index (κ1) is 24.7. The van der Waals surface area contributed by atoms with Crippen LogP contribution in [0.2, 0.25) is 5.02 Å². The summed E-state index contributed by atoms with van der Waals surface area (Å²) in [5, 5.41) is 11.4. The molecule has 1 fully saturated rings. The monoisotopic (exact) mass is 513 g/mol. The van der Waals surface area contributed by atoms with Gasteiger partial charge in [-0.15, -0.1) is 10.2 Å². The smallest absolute Gasteiger partial charge is 0.162 e. The van der Waals surface area contributed by atoms with Crippen LogP contribution in [-0.2, 0) is 22.4 Å². The molecule has 35 heavy (non-hydrogen) atoms. The Morgan fingerprint density at radius 1 is 1.11 bits per heavy atom. The summed E-state index contributed by atoms with van der Waals surface area (Å²) in [6.07, 6.45) is 1.08. The largest absolute Gasteiger partial charge is 0.489 e. The van der Waals surface area contributed by atoms with Gasteiger partial charge in [0.15, 0.2) is 5.79 Å². The van der Waals surface area contributed by atoms with Gasteiger partial charge in [-0.3, -0.25) is 4.90 Å². The molecule has 186 valence electrons. The molecule has 0 N–H and O–H groups in total. The van der Waals surface area contributed by atoms with Crippen molar-refractivity contribution in [3.8, 4) is 26.9 Å². The third-order valence-electron chi connectivity index (χ3n) is 6.68. The molecule has 0 saturated carbocycles. The highest BCUT2D eigenvalue weighted by molar-refractivity contribution is 7.17. The number of nitrogens with zero attached hydrogens (tertiary/aromatic N) is 3. The molecule has 5 rings (SSSR count). The van der Waals surface area contributed by atoms with Crippen LogP contribution < -0.4 is 4.74 Å². The summed E-state index contributed by atoms with van der Waals surface area (Å²) in [7, 11) is 0. The van der Waals surface area contributed by atoms with Crippen LogP contribution in [0.4, 0.5) is 0 Å². The van der Waals surface area contributed by atoms with Gasteiger partial charge in [-0.05, 0) is 75.9 Å². The van der Waals surface area contributed by atoms with Gasteiger partial charge in [0.2, 0.25) is 0 Å². The Morgan fingerprint density at radius 3 is 2.57 bits per heavy atom. The molecular formula is C27H32ClN3O3S. The number of hydrogen-bond acceptors (Lipinski definition) is 7. The molecule has 0 aliphatic carbocycles. The van der Waals surface area contributed by atoms with Gasteiger partial charge in [0.25, 0.3) is 0 Å². The number of aromatic nitrogens is 2. The number of ether oxygens (including phenoxy) is 3. The summed E-state index contributed by atoms with van der Waals surface area (Å²) in [6, 6.07) is 10.5. The summed E-state index contributed by atoms with van der Waals surface area (Å²) in [5.41, 5.74) is 6.19. The SMILES string of the molecule is Cc1c(-c2nnc(-c3ccc(OC(C)C)c(Cl)c3)s2)ccc2c1CCN(C1COC(C)(C)OC1)C2. The van der Waals surface area contributed by atoms with Crippen molar-refractivity contribution >= 4 is 22.9 Å². The van der Waals surface area contributed by atoms with E-state index in [9.17, 15) is 0 Å². The Balaban J connectivity index is 1.33. The standard InChI is InChI=1S/C27H32ClN3O3S/c1-16(2)34-24-9-7-18(12-23(24)28)25-29-30-26(35-25)22-8-6-19-13-31(11-10-21(19)17(22)3)20-14-32-27(4,5)33-15-20/h6-9,12,16,20H,10-11,13-15H2,1-5H3. The van der Waals surface area contributed by atoms with E-state index in [1.54, 1.807) is 11.3 Å². The molecule has 2 aromatic carbocycles. The molecule has 2 aliphatic heterocycles. The van der Waals surface area contributed by atoms with Crippen LogP contribution in [0, 0.1) is 6.92 Å². The number of benzene rings is 2. The van der Waals surface area contributed by atoms with E-state index in [-0.39, 0.29) is 6.10 Å². The van der Waals surface area contributed by atoms with E-state index in [4.69, 9.17) is 25.8 Å². The van der Waals surface area contributed by atoms with Crippen LogP contribution in [0.1, 0.15) is 44.4 Å². The second kappa shape index (κ2) is 9.79. The molecule has 0 atom stereocenters. The molecule has 0 bridgehead atoms. The van der Waals surface area contributed by atoms with Crippen molar-refractivity contribution in [3.63, 3.8) is 0 Å². The third-order valence-corrected chi connectivity index (χ3v) is 7.98. The fourth-order valence-electron chi connectivity index (χ4n) is 4.73. The van der Waals surface area contributed by atoms with E-state index >= 15 is 0 Å². The van der Waals surface area contributed by atoms with Crippen LogP contribution in [0.15, 0.2) is 30.3 Å². The van der Waals surface area contributed by atoms with Crippen molar-refractivity contribution < 1.29 is 14.2 Å². The topological polar surface area (TPSA) is 56.7 Å². The number of halogens is 1. The zero-order chi connectivity index (χ0) is 24.7. The summed E-state index contributed by atoms with van der Waals surface area (Å²) in [4.78, 5) is 2.48. The van der Waals surface area contributed by atoms with Crippen LogP contribution >= 0.6 is 22.9 Å². The minimum atomic E-state index is -0.481. The van der Waals surface area contributed by atoms with Crippen molar-refractivity contribution in [3.05, 3.63) is 52.0 Å². The fraction of sp³-hybridized carbons (Fsp3) is 0.481. The van der Waals surface area contributed by atoms with Gasteiger partial charge in [-0.25, -0.2) is 0 Å². The lowest BCUT2D eigenvalue weighted by atomic mass is 9.91. The zero-order valence-corrected chi connectivity index (χ0v) is 22.5. The molecule has 3 heterocycles. The van der Waals surface area contributed by atoms with Gasteiger partial charge in [-0.1, -0.05) is 35.1 Å². The first-order chi connectivity index (χ1) is 16.7. The van der Waals surface area contributed by atoms with Crippen LogP contribution in [0.3, 0.4) is 0 Å². The van der Waals surface area contributed by atoms with E-state index in [2.05, 4.69) is 34.2 Å². The maximum atomic E-state index is 6.45. The molecule has 0 radical (unpaired) electrons. The molecule has 0 spiro atoms. The molecule has 1 aromatic heterocycles. The quantitative estimate of drug-likeness (QED) is 0.409. The third kappa shape index (κ3) is 5.25. The van der Waals surface area contributed by atoms with Gasteiger partial charge in [0, 0.05) is 24.2 Å². The number of hydrogen-bond donors (Lipinski definition) is 0. The summed E-state index contributed by atoms with van der Waals surface area (Å²) < 4.78 is 17.5. The average molecular weight is 514 g/mol. The molecule has 2 aliphatic rings. The van der Waals surface area contributed by atoms with Crippen LogP contribution in [0.5, 0.6) is 5.75 Å². The molecule has 0 amide bonds. The van der Waals surface area contributed by atoms with Crippen molar-refractivity contribution in [2.24, 2.45) is 0 Å². The van der Waals surface area contributed by atoms with Crippen molar-refractivity contribution in [2.45, 2.75) is 65.5 Å². The van der Waals surface area contributed by atoms with Crippen molar-refractivity contribution in [1.82, 2.24) is 15.1 Å². The second-order valence-electron chi connectivity index (χ2n) is 10.00. The Bertz CT molecular complexity index is 1220. The molecule has 8 heteroatoms. The first-order valence-corrected chi connectivity index (χ1v) is 13.3. The Hall–Kier alpha value is -2.03. The lowest BCUT2D eigenvalue weighted by Gasteiger charge is -2.42. The van der Waals surface area contributed by atoms with Crippen molar-refractivity contribution in [1.29, 1.82) is 0 Å². The minimum absolute atomic E-state index is 0.0713. The van der Waals surface area contributed by atoms with Gasteiger partial charge >= 0.3 is 0 Å². The predicted octanol–water partition coefficient (Wildman–Crippen LogP) is 6.13. The predicted molar refractivity (Wildman–Crippen MR) is 140 cm³/mol. The Kier molecular flexibility index (Phi) is 6.90. The fourth-order valence-corrected chi connectivity index (χ4v) is 5.88. The second-order valence-corrected chi connectivity index (χ2v) is 11.4. The number of rotatable bonds is 5. The molecule has 3 aromatic rings. The van der Waals surface area contributed by atoms with E-state index in [0.29, 0.717) is 30.0 Å². The summed E-state index contributed by atoms with van der Waals surface area (Å²) >= 11 is 8.04. The highest BCUT2D eigenvalue weighted by Crippen LogP contribution is 2.37. The highest BCUT2D eigenvalue weighted by Gasteiger charge is 2.33. The van der Waals surface area contributed by atoms with Gasteiger partial charge in [0.1, 0.15) is 15.8 Å². The highest BCUT2D eigenvalue weighted by atomic mass is 35.5. The molecule has 1 saturated heterocycles.